The van der Waals surface area contributed by atoms with E-state index < -0.39 is 0 Å². The van der Waals surface area contributed by atoms with Crippen molar-refractivity contribution in [1.82, 2.24) is 15.1 Å². The minimum atomic E-state index is 0.116. The molecule has 1 aromatic rings. The van der Waals surface area contributed by atoms with Crippen LogP contribution in [0, 0.1) is 0 Å². The van der Waals surface area contributed by atoms with Gasteiger partial charge in [-0.3, -0.25) is 9.48 Å². The highest BCUT2D eigenvalue weighted by atomic mass is 16.1. The van der Waals surface area contributed by atoms with Crippen LogP contribution >= 0.6 is 0 Å². The highest BCUT2D eigenvalue weighted by Crippen LogP contribution is 2.13. The first-order valence-electron chi connectivity index (χ1n) is 3.62. The molecule has 1 saturated heterocycles. The maximum absolute atomic E-state index is 10.8. The molecule has 1 aliphatic rings. The second-order valence-corrected chi connectivity index (χ2v) is 2.65. The van der Waals surface area contributed by atoms with Crippen molar-refractivity contribution in [3.63, 3.8) is 0 Å². The lowest BCUT2D eigenvalue weighted by atomic mass is 10.3. The normalized spacial score (nSPS) is 23.6. The number of carbonyl (C=O) groups is 1. The Morgan fingerprint density at radius 2 is 2.64 bits per heavy atom. The van der Waals surface area contributed by atoms with Crippen molar-refractivity contribution in [2.45, 2.75) is 12.5 Å². The zero-order chi connectivity index (χ0) is 7.68. The van der Waals surface area contributed by atoms with E-state index in [1.165, 1.54) is 0 Å². The van der Waals surface area contributed by atoms with Gasteiger partial charge < -0.3 is 5.32 Å². The average molecular weight is 151 g/mol. The Labute approximate surface area is 64.2 Å². The van der Waals surface area contributed by atoms with Gasteiger partial charge in [0.15, 0.2) is 0 Å². The van der Waals surface area contributed by atoms with Gasteiger partial charge in [-0.15, -0.1) is 0 Å². The third-order valence-electron chi connectivity index (χ3n) is 1.85. The highest BCUT2D eigenvalue weighted by molar-refractivity contribution is 5.78. The third kappa shape index (κ3) is 1.11. The molecule has 58 valence electrons. The predicted molar refractivity (Wildman–Crippen MR) is 38.9 cm³/mol. The summed E-state index contributed by atoms with van der Waals surface area (Å²) in [6.07, 6.45) is 4.16. The van der Waals surface area contributed by atoms with Gasteiger partial charge in [0.25, 0.3) is 0 Å². The van der Waals surface area contributed by atoms with E-state index in [9.17, 15) is 4.79 Å². The second-order valence-electron chi connectivity index (χ2n) is 2.65. The average Bonchev–Trinajstić information content (AvgIpc) is 2.55. The number of nitrogens with one attached hydrogen (secondary N) is 1. The highest BCUT2D eigenvalue weighted by Gasteiger charge is 2.22. The van der Waals surface area contributed by atoms with Gasteiger partial charge >= 0.3 is 0 Å². The Kier molecular flexibility index (Phi) is 1.38. The summed E-state index contributed by atoms with van der Waals surface area (Å²) in [6, 6.07) is 2.08. The van der Waals surface area contributed by atoms with E-state index in [4.69, 9.17) is 0 Å². The second kappa shape index (κ2) is 2.38. The lowest BCUT2D eigenvalue weighted by molar-refractivity contribution is -0.119. The van der Waals surface area contributed by atoms with Crippen LogP contribution in [0.5, 0.6) is 0 Å². The Morgan fingerprint density at radius 1 is 1.73 bits per heavy atom. The van der Waals surface area contributed by atoms with Gasteiger partial charge in [0.1, 0.15) is 0 Å². The van der Waals surface area contributed by atoms with Crippen LogP contribution in [0.3, 0.4) is 0 Å². The molecular weight excluding hydrogens is 142 g/mol. The van der Waals surface area contributed by atoms with Crippen LogP contribution in [-0.2, 0) is 4.79 Å². The molecule has 0 spiro atoms. The summed E-state index contributed by atoms with van der Waals surface area (Å²) in [7, 11) is 0. The van der Waals surface area contributed by atoms with Crippen molar-refractivity contribution in [3.8, 4) is 0 Å². The molecule has 4 nitrogen and oxygen atoms in total. The topological polar surface area (TPSA) is 46.9 Å². The molecule has 2 heterocycles. The zero-order valence-corrected chi connectivity index (χ0v) is 6.03. The molecule has 0 bridgehead atoms. The maximum atomic E-state index is 10.8. The van der Waals surface area contributed by atoms with Crippen molar-refractivity contribution < 1.29 is 4.79 Å². The molecule has 0 aromatic carbocycles. The summed E-state index contributed by atoms with van der Waals surface area (Å²) in [4.78, 5) is 10.8. The van der Waals surface area contributed by atoms with Crippen molar-refractivity contribution in [3.05, 3.63) is 18.5 Å². The van der Waals surface area contributed by atoms with Crippen LogP contribution in [0.2, 0.25) is 0 Å². The lowest BCUT2D eigenvalue weighted by Gasteiger charge is -2.05. The quantitative estimate of drug-likeness (QED) is 0.611. The molecule has 11 heavy (non-hydrogen) atoms. The first-order valence-corrected chi connectivity index (χ1v) is 3.62. The fourth-order valence-electron chi connectivity index (χ4n) is 1.27. The Hall–Kier alpha value is -1.32. The first-order chi connectivity index (χ1) is 5.36. The van der Waals surface area contributed by atoms with Crippen LogP contribution in [-0.4, -0.2) is 22.2 Å². The van der Waals surface area contributed by atoms with E-state index in [1.807, 2.05) is 16.9 Å². The molecule has 1 atom stereocenters. The van der Waals surface area contributed by atoms with E-state index in [0.29, 0.717) is 13.0 Å². The van der Waals surface area contributed by atoms with E-state index in [1.54, 1.807) is 6.20 Å². The van der Waals surface area contributed by atoms with Crippen LogP contribution in [0.25, 0.3) is 0 Å². The molecule has 1 aliphatic heterocycles. The van der Waals surface area contributed by atoms with Crippen LogP contribution in [0.1, 0.15) is 12.5 Å². The molecule has 1 fully saturated rings. The summed E-state index contributed by atoms with van der Waals surface area (Å²) >= 11 is 0. The summed E-state index contributed by atoms with van der Waals surface area (Å²) in [5.74, 6) is 0.116. The van der Waals surface area contributed by atoms with Gasteiger partial charge in [-0.25, -0.2) is 0 Å². The van der Waals surface area contributed by atoms with Crippen molar-refractivity contribution in [2.75, 3.05) is 6.54 Å². The number of nitrogens with zero attached hydrogens (tertiary/aromatic N) is 2. The van der Waals surface area contributed by atoms with E-state index in [-0.39, 0.29) is 11.9 Å². The molecule has 2 rings (SSSR count). The molecule has 0 radical (unpaired) electrons. The van der Waals surface area contributed by atoms with Gasteiger partial charge in [-0.2, -0.15) is 5.10 Å². The molecule has 0 saturated carbocycles. The minimum Gasteiger partial charge on any atom is -0.354 e. The number of amides is 1. The first kappa shape index (κ1) is 6.39. The van der Waals surface area contributed by atoms with E-state index >= 15 is 0 Å². The molecule has 4 heteroatoms. The van der Waals surface area contributed by atoms with Crippen molar-refractivity contribution in [2.24, 2.45) is 0 Å². The Morgan fingerprint density at radius 3 is 3.18 bits per heavy atom. The fraction of sp³-hybridized carbons (Fsp3) is 0.429. The molecular formula is C7H9N3O. The summed E-state index contributed by atoms with van der Waals surface area (Å²) in [5.41, 5.74) is 0. The van der Waals surface area contributed by atoms with E-state index in [0.717, 1.165) is 0 Å². The van der Waals surface area contributed by atoms with Crippen LogP contribution in [0.15, 0.2) is 18.5 Å². The predicted octanol–water partition coefficient (Wildman–Crippen LogP) is -0.0559. The zero-order valence-electron chi connectivity index (χ0n) is 6.03. The number of rotatable bonds is 1. The van der Waals surface area contributed by atoms with Crippen molar-refractivity contribution >= 4 is 5.91 Å². The molecule has 1 amide bonds. The fourth-order valence-corrected chi connectivity index (χ4v) is 1.27. The monoisotopic (exact) mass is 151 g/mol. The number of aromatic nitrogens is 2. The SMILES string of the molecule is O=C1CC(n2cccn2)CN1. The standard InChI is InChI=1S/C7H9N3O/c11-7-4-6(5-8-7)10-3-1-2-9-10/h1-3,6H,4-5H2,(H,8,11). The van der Waals surface area contributed by atoms with Crippen molar-refractivity contribution in [1.29, 1.82) is 0 Å². The van der Waals surface area contributed by atoms with Gasteiger partial charge in [-0.1, -0.05) is 0 Å². The molecule has 1 unspecified atom stereocenters. The summed E-state index contributed by atoms with van der Waals surface area (Å²) in [6.45, 7) is 0.709. The molecule has 0 aliphatic carbocycles. The van der Waals surface area contributed by atoms with Crippen LogP contribution in [0.4, 0.5) is 0 Å². The van der Waals surface area contributed by atoms with Gasteiger partial charge in [0.05, 0.1) is 12.5 Å². The third-order valence-corrected chi connectivity index (χ3v) is 1.85. The number of hydrogen-bond donors (Lipinski definition) is 1. The maximum Gasteiger partial charge on any atom is 0.222 e. The molecule has 1 aromatic heterocycles. The van der Waals surface area contributed by atoms with Gasteiger partial charge in [-0.05, 0) is 6.07 Å². The Balaban J connectivity index is 2.13. The van der Waals surface area contributed by atoms with Gasteiger partial charge in [0, 0.05) is 18.9 Å². The minimum absolute atomic E-state index is 0.116. The lowest BCUT2D eigenvalue weighted by Crippen LogP contribution is -2.15. The van der Waals surface area contributed by atoms with Crippen LogP contribution < -0.4 is 5.32 Å². The van der Waals surface area contributed by atoms with Gasteiger partial charge in [0.2, 0.25) is 5.91 Å². The summed E-state index contributed by atoms with van der Waals surface area (Å²) in [5, 5.41) is 6.82. The smallest absolute Gasteiger partial charge is 0.222 e. The Bertz CT molecular complexity index is 255. The number of carbonyl (C=O) groups excluding carboxylic acids is 1. The summed E-state index contributed by atoms with van der Waals surface area (Å²) < 4.78 is 1.82. The van der Waals surface area contributed by atoms with E-state index in [2.05, 4.69) is 10.4 Å². The molecule has 1 N–H and O–H groups in total. The number of hydrogen-bond acceptors (Lipinski definition) is 2. The largest absolute Gasteiger partial charge is 0.354 e.